The predicted molar refractivity (Wildman–Crippen MR) is 146 cm³/mol. The Morgan fingerprint density at radius 3 is 2.52 bits per heavy atom. The van der Waals surface area contributed by atoms with E-state index in [1.54, 1.807) is 42.6 Å². The van der Waals surface area contributed by atoms with Crippen molar-refractivity contribution in [1.82, 2.24) is 10.2 Å². The molecular weight excluding hydrogens is 519 g/mol. The third-order valence-electron chi connectivity index (χ3n) is 7.36. The van der Waals surface area contributed by atoms with Crippen molar-refractivity contribution in [3.8, 4) is 11.1 Å². The van der Waals surface area contributed by atoms with Crippen molar-refractivity contribution in [2.75, 3.05) is 26.7 Å². The number of methoxy groups -OCH3 is 1. The molecule has 2 heterocycles. The number of amides is 1. The molecule has 206 valence electrons. The molecule has 0 radical (unpaired) electrons. The Bertz CT molecular complexity index is 1470. The van der Waals surface area contributed by atoms with E-state index in [-0.39, 0.29) is 5.78 Å². The van der Waals surface area contributed by atoms with Gasteiger partial charge < -0.3 is 10.1 Å². The molecule has 2 aliphatic rings. The Balaban J connectivity index is 1.42. The van der Waals surface area contributed by atoms with Crippen LogP contribution in [0.4, 0.5) is 18.0 Å². The molecular formula is C31H28F3N3O3. The van der Waals surface area contributed by atoms with Crippen molar-refractivity contribution >= 4 is 18.1 Å². The number of carbonyl (C=O) groups is 2. The third kappa shape index (κ3) is 5.42. The summed E-state index contributed by atoms with van der Waals surface area (Å²) in [4.78, 5) is 32.4. The number of Topliss-reactive ketones (excluding diaryl/α,β-unsaturated/α-hetero) is 1. The van der Waals surface area contributed by atoms with Gasteiger partial charge in [0, 0.05) is 38.0 Å². The molecule has 0 aliphatic carbocycles. The number of carbonyl (C=O) groups excluding carboxylic acids is 2. The van der Waals surface area contributed by atoms with Gasteiger partial charge in [-0.15, -0.1) is 0 Å². The van der Waals surface area contributed by atoms with Crippen LogP contribution in [0.3, 0.4) is 0 Å². The second-order valence-corrected chi connectivity index (χ2v) is 9.78. The average molecular weight is 548 g/mol. The second-order valence-electron chi connectivity index (χ2n) is 9.78. The third-order valence-corrected chi connectivity index (χ3v) is 7.36. The van der Waals surface area contributed by atoms with Crippen LogP contribution in [-0.4, -0.2) is 49.7 Å². The minimum atomic E-state index is -4.44. The summed E-state index contributed by atoms with van der Waals surface area (Å²) in [5, 5.41) is 2.69. The van der Waals surface area contributed by atoms with E-state index >= 15 is 0 Å². The number of hydrogen-bond donors (Lipinski definition) is 1. The molecule has 1 atom stereocenters. The van der Waals surface area contributed by atoms with Crippen LogP contribution in [0.25, 0.3) is 11.1 Å². The average Bonchev–Trinajstić information content (AvgIpc) is 3.47. The van der Waals surface area contributed by atoms with Gasteiger partial charge in [0.25, 0.3) is 0 Å². The number of alkyl carbamates (subject to hydrolysis) is 1. The smallest absolute Gasteiger partial charge is 0.416 e. The lowest BCUT2D eigenvalue weighted by molar-refractivity contribution is -0.137. The zero-order valence-electron chi connectivity index (χ0n) is 21.9. The summed E-state index contributed by atoms with van der Waals surface area (Å²) in [6, 6.07) is 17.7. The number of fused-ring (bicyclic) bond motifs is 1. The number of halogens is 3. The van der Waals surface area contributed by atoms with E-state index in [1.807, 2.05) is 18.2 Å². The van der Waals surface area contributed by atoms with Gasteiger partial charge in [0.2, 0.25) is 0 Å². The van der Waals surface area contributed by atoms with Crippen LogP contribution >= 0.6 is 0 Å². The van der Waals surface area contributed by atoms with Crippen molar-refractivity contribution in [3.05, 3.63) is 107 Å². The summed E-state index contributed by atoms with van der Waals surface area (Å²) >= 11 is 0. The lowest BCUT2D eigenvalue weighted by Crippen LogP contribution is -2.38. The first-order chi connectivity index (χ1) is 19.2. The highest BCUT2D eigenvalue weighted by atomic mass is 19.4. The Kier molecular flexibility index (Phi) is 7.58. The summed E-state index contributed by atoms with van der Waals surface area (Å²) in [6.07, 6.45) is 1.00. The molecule has 0 spiro atoms. The van der Waals surface area contributed by atoms with Crippen molar-refractivity contribution in [3.63, 3.8) is 0 Å². The van der Waals surface area contributed by atoms with E-state index < -0.39 is 23.4 Å². The van der Waals surface area contributed by atoms with Gasteiger partial charge in [0.15, 0.2) is 11.3 Å². The van der Waals surface area contributed by atoms with Gasteiger partial charge >= 0.3 is 12.3 Å². The molecule has 1 amide bonds. The van der Waals surface area contributed by atoms with Gasteiger partial charge in [-0.25, -0.2) is 4.79 Å². The number of aliphatic imine (C=N–C) groups is 1. The number of hydrogen-bond acceptors (Lipinski definition) is 5. The standard InChI is InChI=1S/C31H28F3N3O3/c1-40-29(39)35-16-18-37-17-13-22-19-25(12-9-23(22)20-37)30(14-4-15-36-30)28(38)27-6-3-2-5-26(27)21-7-10-24(11-8-21)31(32,33)34/h2-12,14-15,19H,13,16-18,20H2,1H3,(H,35,39). The normalized spacial score (nSPS) is 18.4. The summed E-state index contributed by atoms with van der Waals surface area (Å²) < 4.78 is 43.9. The fraction of sp³-hybridized carbons (Fsp3) is 0.258. The monoisotopic (exact) mass is 547 g/mol. The molecule has 0 fully saturated rings. The van der Waals surface area contributed by atoms with Gasteiger partial charge in [0.05, 0.1) is 12.7 Å². The molecule has 0 saturated carbocycles. The number of ether oxygens (including phenoxy) is 1. The summed E-state index contributed by atoms with van der Waals surface area (Å²) in [5.74, 6) is -0.251. The van der Waals surface area contributed by atoms with Crippen LogP contribution in [0.2, 0.25) is 0 Å². The Hall–Kier alpha value is -4.24. The largest absolute Gasteiger partial charge is 0.453 e. The predicted octanol–water partition coefficient (Wildman–Crippen LogP) is 5.81. The molecule has 6 nitrogen and oxygen atoms in total. The molecule has 5 rings (SSSR count). The number of ketones is 1. The minimum absolute atomic E-state index is 0.251. The van der Waals surface area contributed by atoms with Crippen LogP contribution in [-0.2, 0) is 29.4 Å². The second kappa shape index (κ2) is 11.1. The van der Waals surface area contributed by atoms with Crippen molar-refractivity contribution in [1.29, 1.82) is 0 Å². The number of nitrogens with zero attached hydrogens (tertiary/aromatic N) is 2. The highest BCUT2D eigenvalue weighted by Gasteiger charge is 2.41. The molecule has 1 N–H and O–H groups in total. The van der Waals surface area contributed by atoms with E-state index in [0.29, 0.717) is 29.8 Å². The Labute approximate surface area is 230 Å². The van der Waals surface area contributed by atoms with Crippen LogP contribution in [0, 0.1) is 0 Å². The first-order valence-electron chi connectivity index (χ1n) is 12.9. The summed E-state index contributed by atoms with van der Waals surface area (Å²) in [6.45, 7) is 2.69. The number of allylic oxidation sites excluding steroid dienone is 1. The molecule has 40 heavy (non-hydrogen) atoms. The van der Waals surface area contributed by atoms with Gasteiger partial charge in [-0.1, -0.05) is 54.6 Å². The molecule has 1 unspecified atom stereocenters. The van der Waals surface area contributed by atoms with E-state index in [4.69, 9.17) is 0 Å². The van der Waals surface area contributed by atoms with Crippen molar-refractivity contribution in [2.45, 2.75) is 24.7 Å². The number of alkyl halides is 3. The van der Waals surface area contributed by atoms with Crippen LogP contribution < -0.4 is 5.32 Å². The molecule has 9 heteroatoms. The topological polar surface area (TPSA) is 71.0 Å². The van der Waals surface area contributed by atoms with Crippen molar-refractivity contribution < 1.29 is 27.5 Å². The van der Waals surface area contributed by atoms with E-state index in [9.17, 15) is 22.8 Å². The Morgan fingerprint density at radius 2 is 1.82 bits per heavy atom. The lowest BCUT2D eigenvalue weighted by Gasteiger charge is -2.31. The van der Waals surface area contributed by atoms with Gasteiger partial charge in [-0.3, -0.25) is 14.7 Å². The summed E-state index contributed by atoms with van der Waals surface area (Å²) in [5.41, 5.74) is 2.46. The quantitative estimate of drug-likeness (QED) is 0.380. The van der Waals surface area contributed by atoms with E-state index in [1.165, 1.54) is 19.2 Å². The van der Waals surface area contributed by atoms with Gasteiger partial charge in [0.1, 0.15) is 0 Å². The molecule has 0 bridgehead atoms. The molecule has 3 aromatic rings. The molecule has 0 saturated heterocycles. The molecule has 2 aliphatic heterocycles. The fourth-order valence-corrected chi connectivity index (χ4v) is 5.23. The first-order valence-corrected chi connectivity index (χ1v) is 12.9. The van der Waals surface area contributed by atoms with Crippen LogP contribution in [0.5, 0.6) is 0 Å². The first kappa shape index (κ1) is 27.3. The van der Waals surface area contributed by atoms with Gasteiger partial charge in [-0.2, -0.15) is 13.2 Å². The molecule has 3 aromatic carbocycles. The molecule has 0 aromatic heterocycles. The number of benzene rings is 3. The SMILES string of the molecule is COC(=O)NCCN1CCc2cc(C3(C(=O)c4ccccc4-c4ccc(C(F)(F)F)cc4)C=CC=N3)ccc2C1. The lowest BCUT2D eigenvalue weighted by atomic mass is 9.80. The van der Waals surface area contributed by atoms with Gasteiger partial charge in [-0.05, 0) is 58.5 Å². The van der Waals surface area contributed by atoms with E-state index in [0.717, 1.165) is 48.3 Å². The zero-order chi connectivity index (χ0) is 28.3. The number of rotatable bonds is 7. The Morgan fingerprint density at radius 1 is 1.05 bits per heavy atom. The maximum Gasteiger partial charge on any atom is 0.416 e. The maximum absolute atomic E-state index is 14.2. The van der Waals surface area contributed by atoms with Crippen LogP contribution in [0.15, 0.2) is 83.9 Å². The van der Waals surface area contributed by atoms with E-state index in [2.05, 4.69) is 19.9 Å². The summed E-state index contributed by atoms with van der Waals surface area (Å²) in [7, 11) is 1.33. The fourth-order valence-electron chi connectivity index (χ4n) is 5.23. The van der Waals surface area contributed by atoms with Crippen LogP contribution in [0.1, 0.15) is 32.6 Å². The number of nitrogens with one attached hydrogen (secondary N) is 1. The van der Waals surface area contributed by atoms with Crippen molar-refractivity contribution in [2.24, 2.45) is 4.99 Å². The highest BCUT2D eigenvalue weighted by Crippen LogP contribution is 2.39. The minimum Gasteiger partial charge on any atom is -0.453 e. The highest BCUT2D eigenvalue weighted by molar-refractivity contribution is 6.11. The zero-order valence-corrected chi connectivity index (χ0v) is 21.9. The maximum atomic E-state index is 14.2.